The SMILES string of the molecule is Cc1ccc(O[C@H]2CCN(S(=O)(=O)c3c(Cl)nc4ccccn34)C2)cn1. The second kappa shape index (κ2) is 6.53. The van der Waals surface area contributed by atoms with Crippen molar-refractivity contribution in [2.75, 3.05) is 13.1 Å². The second-order valence-electron chi connectivity index (χ2n) is 6.16. The van der Waals surface area contributed by atoms with Gasteiger partial charge >= 0.3 is 0 Å². The van der Waals surface area contributed by atoms with Gasteiger partial charge in [0.05, 0.1) is 12.7 Å². The number of fused-ring (bicyclic) bond motifs is 1. The van der Waals surface area contributed by atoms with E-state index in [4.69, 9.17) is 16.3 Å². The first-order valence-corrected chi connectivity index (χ1v) is 9.99. The summed E-state index contributed by atoms with van der Waals surface area (Å²) < 4.78 is 34.9. The van der Waals surface area contributed by atoms with Gasteiger partial charge in [0, 0.05) is 18.4 Å². The van der Waals surface area contributed by atoms with E-state index in [2.05, 4.69) is 9.97 Å². The van der Waals surface area contributed by atoms with Gasteiger partial charge in [0.15, 0.2) is 10.2 Å². The molecule has 7 nitrogen and oxygen atoms in total. The molecule has 1 aliphatic heterocycles. The van der Waals surface area contributed by atoms with Crippen LogP contribution in [0.4, 0.5) is 0 Å². The third kappa shape index (κ3) is 3.04. The van der Waals surface area contributed by atoms with Gasteiger partial charge in [0.2, 0.25) is 0 Å². The van der Waals surface area contributed by atoms with Crippen LogP contribution in [0.5, 0.6) is 5.75 Å². The minimum absolute atomic E-state index is 0.00702. The van der Waals surface area contributed by atoms with Crippen LogP contribution >= 0.6 is 11.6 Å². The third-order valence-corrected chi connectivity index (χ3v) is 6.59. The number of pyridine rings is 2. The van der Waals surface area contributed by atoms with Gasteiger partial charge in [-0.2, -0.15) is 4.31 Å². The average Bonchev–Trinajstić information content (AvgIpc) is 3.21. The standard InChI is InChI=1S/C17H17ClN4O3S/c1-12-5-6-13(10-19-12)25-14-7-9-21(11-14)26(23,24)17-16(18)20-15-4-2-3-8-22(15)17/h2-6,8,10,14H,7,9,11H2,1H3/t14-/m0/s1. The van der Waals surface area contributed by atoms with Crippen molar-refractivity contribution in [1.82, 2.24) is 18.7 Å². The molecule has 136 valence electrons. The number of aryl methyl sites for hydroxylation is 1. The minimum atomic E-state index is -3.78. The maximum atomic E-state index is 13.1. The Morgan fingerprint density at radius 1 is 1.27 bits per heavy atom. The molecule has 0 amide bonds. The molecule has 0 bridgehead atoms. The van der Waals surface area contributed by atoms with E-state index in [-0.39, 0.29) is 22.8 Å². The highest BCUT2D eigenvalue weighted by Gasteiger charge is 2.37. The number of sulfonamides is 1. The normalized spacial score (nSPS) is 18.5. The number of aromatic nitrogens is 3. The van der Waals surface area contributed by atoms with E-state index in [0.29, 0.717) is 24.4 Å². The van der Waals surface area contributed by atoms with Crippen molar-refractivity contribution in [3.8, 4) is 5.75 Å². The van der Waals surface area contributed by atoms with Crippen molar-refractivity contribution >= 4 is 27.3 Å². The Labute approximate surface area is 156 Å². The van der Waals surface area contributed by atoms with Gasteiger partial charge in [-0.1, -0.05) is 17.7 Å². The first-order valence-electron chi connectivity index (χ1n) is 8.17. The third-order valence-electron chi connectivity index (χ3n) is 4.33. The van der Waals surface area contributed by atoms with E-state index in [0.717, 1.165) is 5.69 Å². The van der Waals surface area contributed by atoms with Gasteiger partial charge in [-0.25, -0.2) is 13.4 Å². The first kappa shape index (κ1) is 17.3. The van der Waals surface area contributed by atoms with E-state index in [9.17, 15) is 8.42 Å². The average molecular weight is 393 g/mol. The number of nitrogens with zero attached hydrogens (tertiary/aromatic N) is 4. The molecule has 1 fully saturated rings. The number of rotatable bonds is 4. The molecular weight excluding hydrogens is 376 g/mol. The summed E-state index contributed by atoms with van der Waals surface area (Å²) in [6.07, 6.45) is 3.66. The summed E-state index contributed by atoms with van der Waals surface area (Å²) in [7, 11) is -3.78. The molecule has 9 heteroatoms. The van der Waals surface area contributed by atoms with Gasteiger partial charge in [-0.3, -0.25) is 9.38 Å². The van der Waals surface area contributed by atoms with E-state index in [1.807, 2.05) is 19.1 Å². The van der Waals surface area contributed by atoms with Crippen LogP contribution in [-0.2, 0) is 10.0 Å². The van der Waals surface area contributed by atoms with Crippen molar-refractivity contribution < 1.29 is 13.2 Å². The summed E-state index contributed by atoms with van der Waals surface area (Å²) in [6, 6.07) is 8.93. The van der Waals surface area contributed by atoms with Crippen LogP contribution in [0.3, 0.4) is 0 Å². The number of hydrogen-bond acceptors (Lipinski definition) is 5. The van der Waals surface area contributed by atoms with E-state index in [1.165, 1.54) is 8.71 Å². The van der Waals surface area contributed by atoms with Crippen molar-refractivity contribution in [2.24, 2.45) is 0 Å². The molecule has 0 aromatic carbocycles. The lowest BCUT2D eigenvalue weighted by molar-refractivity contribution is 0.214. The largest absolute Gasteiger partial charge is 0.487 e. The fourth-order valence-corrected chi connectivity index (χ4v) is 5.11. The Morgan fingerprint density at radius 3 is 2.88 bits per heavy atom. The summed E-state index contributed by atoms with van der Waals surface area (Å²) in [5.74, 6) is 0.632. The maximum absolute atomic E-state index is 13.1. The fraction of sp³-hybridized carbons (Fsp3) is 0.294. The molecule has 4 heterocycles. The molecule has 4 rings (SSSR count). The van der Waals surface area contributed by atoms with E-state index >= 15 is 0 Å². The second-order valence-corrected chi connectivity index (χ2v) is 8.37. The predicted octanol–water partition coefficient (Wildman–Crippen LogP) is 2.53. The zero-order valence-electron chi connectivity index (χ0n) is 14.0. The van der Waals surface area contributed by atoms with Crippen molar-refractivity contribution in [2.45, 2.75) is 24.5 Å². The molecule has 0 unspecified atom stereocenters. The van der Waals surface area contributed by atoms with Crippen molar-refractivity contribution in [1.29, 1.82) is 0 Å². The molecule has 0 radical (unpaired) electrons. The summed E-state index contributed by atoms with van der Waals surface area (Å²) >= 11 is 6.13. The molecule has 0 spiro atoms. The Balaban J connectivity index is 1.57. The van der Waals surface area contributed by atoms with Crippen LogP contribution in [0.1, 0.15) is 12.1 Å². The summed E-state index contributed by atoms with van der Waals surface area (Å²) in [4.78, 5) is 8.32. The quantitative estimate of drug-likeness (QED) is 0.681. The van der Waals surface area contributed by atoms with Gasteiger partial charge in [-0.05, 0) is 37.6 Å². The highest BCUT2D eigenvalue weighted by molar-refractivity contribution is 7.89. The smallest absolute Gasteiger partial charge is 0.262 e. The molecular formula is C17H17ClN4O3S. The van der Waals surface area contributed by atoms with Crippen LogP contribution in [0.2, 0.25) is 5.15 Å². The Hall–Kier alpha value is -2.16. The van der Waals surface area contributed by atoms with E-state index in [1.54, 1.807) is 30.6 Å². The molecule has 0 saturated carbocycles. The molecule has 0 N–H and O–H groups in total. The minimum Gasteiger partial charge on any atom is -0.487 e. The predicted molar refractivity (Wildman–Crippen MR) is 97.0 cm³/mol. The Kier molecular flexibility index (Phi) is 4.34. The zero-order valence-corrected chi connectivity index (χ0v) is 15.6. The van der Waals surface area contributed by atoms with Crippen LogP contribution in [0.15, 0.2) is 47.8 Å². The Morgan fingerprint density at radius 2 is 2.12 bits per heavy atom. The van der Waals surface area contributed by atoms with Gasteiger partial charge in [0.25, 0.3) is 10.0 Å². The lowest BCUT2D eigenvalue weighted by Gasteiger charge is -2.17. The number of imidazole rings is 1. The van der Waals surface area contributed by atoms with Gasteiger partial charge < -0.3 is 4.74 Å². The molecule has 3 aromatic rings. The van der Waals surface area contributed by atoms with Crippen molar-refractivity contribution in [3.63, 3.8) is 0 Å². The number of hydrogen-bond donors (Lipinski definition) is 0. The fourth-order valence-electron chi connectivity index (χ4n) is 3.03. The molecule has 1 aliphatic rings. The molecule has 26 heavy (non-hydrogen) atoms. The lowest BCUT2D eigenvalue weighted by atomic mass is 10.3. The maximum Gasteiger partial charge on any atom is 0.262 e. The lowest BCUT2D eigenvalue weighted by Crippen LogP contribution is -2.32. The first-order chi connectivity index (χ1) is 12.4. The van der Waals surface area contributed by atoms with Crippen molar-refractivity contribution in [3.05, 3.63) is 53.6 Å². The summed E-state index contributed by atoms with van der Waals surface area (Å²) in [5, 5.41) is -0.0317. The molecule has 0 aliphatic carbocycles. The topological polar surface area (TPSA) is 76.8 Å². The molecule has 3 aromatic heterocycles. The summed E-state index contributed by atoms with van der Waals surface area (Å²) in [6.45, 7) is 2.52. The zero-order chi connectivity index (χ0) is 18.3. The van der Waals surface area contributed by atoms with Crippen LogP contribution in [0, 0.1) is 6.92 Å². The van der Waals surface area contributed by atoms with Crippen LogP contribution in [0.25, 0.3) is 5.65 Å². The number of halogens is 1. The van der Waals surface area contributed by atoms with Gasteiger partial charge in [0.1, 0.15) is 17.5 Å². The van der Waals surface area contributed by atoms with E-state index < -0.39 is 10.0 Å². The highest BCUT2D eigenvalue weighted by Crippen LogP contribution is 2.29. The van der Waals surface area contributed by atoms with Gasteiger partial charge in [-0.15, -0.1) is 0 Å². The molecule has 1 saturated heterocycles. The Bertz CT molecular complexity index is 1050. The number of ether oxygens (including phenoxy) is 1. The monoisotopic (exact) mass is 392 g/mol. The van der Waals surface area contributed by atoms with Crippen LogP contribution < -0.4 is 4.74 Å². The summed E-state index contributed by atoms with van der Waals surface area (Å²) in [5.41, 5.74) is 1.39. The highest BCUT2D eigenvalue weighted by atomic mass is 35.5. The molecule has 1 atom stereocenters. The van der Waals surface area contributed by atoms with Crippen LogP contribution in [-0.4, -0.2) is 46.3 Å².